The summed E-state index contributed by atoms with van der Waals surface area (Å²) in [6, 6.07) is 16.4. The van der Waals surface area contributed by atoms with Gasteiger partial charge < -0.3 is 24.8 Å². The number of methoxy groups -OCH3 is 1. The van der Waals surface area contributed by atoms with E-state index in [1.165, 1.54) is 5.56 Å². The summed E-state index contributed by atoms with van der Waals surface area (Å²) in [4.78, 5) is 20.4. The van der Waals surface area contributed by atoms with Crippen molar-refractivity contribution in [2.45, 2.75) is 6.04 Å². The minimum Gasteiger partial charge on any atom is -0.383 e. The molecule has 2 saturated heterocycles. The fourth-order valence-corrected chi connectivity index (χ4v) is 5.13. The van der Waals surface area contributed by atoms with Gasteiger partial charge in [-0.05, 0) is 29.7 Å². The van der Waals surface area contributed by atoms with Crippen LogP contribution in [0.25, 0.3) is 11.0 Å². The van der Waals surface area contributed by atoms with Crippen LogP contribution in [0.3, 0.4) is 0 Å². The average molecular weight is 420 g/mol. The van der Waals surface area contributed by atoms with Crippen LogP contribution in [0.5, 0.6) is 0 Å². The van der Waals surface area contributed by atoms with Crippen molar-refractivity contribution in [3.05, 3.63) is 59.7 Å². The molecule has 0 bridgehead atoms. The monoisotopic (exact) mass is 419 g/mol. The number of amides is 1. The summed E-state index contributed by atoms with van der Waals surface area (Å²) in [7, 11) is 3.66. The molecule has 3 atom stereocenters. The molecule has 2 aliphatic rings. The van der Waals surface area contributed by atoms with E-state index in [0.29, 0.717) is 30.6 Å². The molecular formula is C24H29N5O2. The Morgan fingerprint density at radius 2 is 2.06 bits per heavy atom. The molecule has 2 N–H and O–H groups in total. The predicted octanol–water partition coefficient (Wildman–Crippen LogP) is 2.66. The number of aryl methyl sites for hydroxylation is 1. The Kier molecular flexibility index (Phi) is 5.38. The SMILES string of the molecule is COCCNc1nc2cc(C(=O)N3C[C@@H]4CNC[C@@H]4[C@@H]3c3ccccc3)ccc2n1C. The van der Waals surface area contributed by atoms with E-state index in [2.05, 4.69) is 39.8 Å². The smallest absolute Gasteiger partial charge is 0.254 e. The van der Waals surface area contributed by atoms with Crippen molar-refractivity contribution < 1.29 is 9.53 Å². The summed E-state index contributed by atoms with van der Waals surface area (Å²) >= 11 is 0. The van der Waals surface area contributed by atoms with Crippen LogP contribution in [-0.2, 0) is 11.8 Å². The fourth-order valence-electron chi connectivity index (χ4n) is 5.13. The summed E-state index contributed by atoms with van der Waals surface area (Å²) in [5, 5.41) is 6.80. The Hall–Kier alpha value is -2.90. The van der Waals surface area contributed by atoms with E-state index in [0.717, 1.165) is 36.6 Å². The number of nitrogens with zero attached hydrogens (tertiary/aromatic N) is 3. The molecule has 1 aromatic heterocycles. The lowest BCUT2D eigenvalue weighted by Crippen LogP contribution is -2.34. The number of nitrogens with one attached hydrogen (secondary N) is 2. The van der Waals surface area contributed by atoms with Crippen LogP contribution < -0.4 is 10.6 Å². The number of rotatable bonds is 6. The van der Waals surface area contributed by atoms with Gasteiger partial charge in [0.15, 0.2) is 0 Å². The van der Waals surface area contributed by atoms with E-state index in [1.54, 1.807) is 7.11 Å². The van der Waals surface area contributed by atoms with E-state index in [9.17, 15) is 4.79 Å². The van der Waals surface area contributed by atoms with Gasteiger partial charge in [0.05, 0.1) is 23.7 Å². The molecular weight excluding hydrogens is 390 g/mol. The Bertz CT molecular complexity index is 1080. The molecule has 31 heavy (non-hydrogen) atoms. The molecule has 1 amide bonds. The number of likely N-dealkylation sites (tertiary alicyclic amines) is 1. The van der Waals surface area contributed by atoms with E-state index in [4.69, 9.17) is 9.72 Å². The molecule has 0 unspecified atom stereocenters. The van der Waals surface area contributed by atoms with Crippen molar-refractivity contribution >= 4 is 22.9 Å². The number of hydrogen-bond acceptors (Lipinski definition) is 5. The minimum absolute atomic E-state index is 0.0877. The third-order valence-corrected chi connectivity index (χ3v) is 6.68. The highest BCUT2D eigenvalue weighted by atomic mass is 16.5. The molecule has 0 aliphatic carbocycles. The van der Waals surface area contributed by atoms with E-state index >= 15 is 0 Å². The summed E-state index contributed by atoms with van der Waals surface area (Å²) < 4.78 is 7.12. The maximum atomic E-state index is 13.6. The standard InChI is InChI=1S/C24H29N5O2/c1-28-21-9-8-17(12-20(21)27-24(28)26-10-11-31-2)23(30)29-15-18-13-25-14-19(18)22(29)16-6-4-3-5-7-16/h3-9,12,18-19,22,25H,10-11,13-15H2,1-2H3,(H,26,27)/t18-,19-,22-/m0/s1. The van der Waals surface area contributed by atoms with Crippen molar-refractivity contribution in [3.8, 4) is 0 Å². The first-order valence-electron chi connectivity index (χ1n) is 10.9. The lowest BCUT2D eigenvalue weighted by Gasteiger charge is -2.28. The molecule has 0 radical (unpaired) electrons. The Morgan fingerprint density at radius 1 is 1.23 bits per heavy atom. The molecule has 7 heteroatoms. The highest BCUT2D eigenvalue weighted by Crippen LogP contribution is 2.43. The molecule has 2 fully saturated rings. The molecule has 2 aromatic carbocycles. The number of fused-ring (bicyclic) bond motifs is 2. The van der Waals surface area contributed by atoms with Crippen molar-refractivity contribution in [1.29, 1.82) is 0 Å². The van der Waals surface area contributed by atoms with Gasteiger partial charge in [0.25, 0.3) is 5.91 Å². The molecule has 7 nitrogen and oxygen atoms in total. The zero-order valence-electron chi connectivity index (χ0n) is 18.0. The van der Waals surface area contributed by atoms with E-state index in [-0.39, 0.29) is 11.9 Å². The van der Waals surface area contributed by atoms with Gasteiger partial charge in [-0.15, -0.1) is 0 Å². The van der Waals surface area contributed by atoms with Crippen LogP contribution in [0.15, 0.2) is 48.5 Å². The van der Waals surface area contributed by atoms with Gasteiger partial charge in [-0.3, -0.25) is 4.79 Å². The second-order valence-corrected chi connectivity index (χ2v) is 8.51. The first-order chi connectivity index (χ1) is 15.2. The number of hydrogen-bond donors (Lipinski definition) is 2. The Balaban J connectivity index is 1.44. The van der Waals surface area contributed by atoms with E-state index in [1.807, 2.05) is 35.9 Å². The molecule has 5 rings (SSSR count). The van der Waals surface area contributed by atoms with Crippen LogP contribution in [0, 0.1) is 11.8 Å². The Morgan fingerprint density at radius 3 is 2.87 bits per heavy atom. The number of benzene rings is 2. The van der Waals surface area contributed by atoms with E-state index < -0.39 is 0 Å². The lowest BCUT2D eigenvalue weighted by molar-refractivity contribution is 0.0714. The molecule has 0 spiro atoms. The number of anilines is 1. The second kappa shape index (κ2) is 8.32. The number of aromatic nitrogens is 2. The van der Waals surface area contributed by atoms with Gasteiger partial charge in [-0.1, -0.05) is 30.3 Å². The van der Waals surface area contributed by atoms with Gasteiger partial charge in [0.1, 0.15) is 0 Å². The number of imidazole rings is 1. The zero-order chi connectivity index (χ0) is 21.4. The van der Waals surface area contributed by atoms with Gasteiger partial charge in [-0.2, -0.15) is 0 Å². The summed E-state index contributed by atoms with van der Waals surface area (Å²) in [5.41, 5.74) is 3.74. The van der Waals surface area contributed by atoms with Crippen LogP contribution in [0.1, 0.15) is 22.0 Å². The van der Waals surface area contributed by atoms with Gasteiger partial charge in [0, 0.05) is 51.8 Å². The topological polar surface area (TPSA) is 71.4 Å². The normalized spacial score (nSPS) is 22.8. The third-order valence-electron chi connectivity index (χ3n) is 6.68. The zero-order valence-corrected chi connectivity index (χ0v) is 18.0. The van der Waals surface area contributed by atoms with Gasteiger partial charge in [-0.25, -0.2) is 4.98 Å². The third kappa shape index (κ3) is 3.58. The van der Waals surface area contributed by atoms with Gasteiger partial charge >= 0.3 is 0 Å². The highest BCUT2D eigenvalue weighted by molar-refractivity contribution is 5.98. The van der Waals surface area contributed by atoms with Crippen molar-refractivity contribution in [2.75, 3.05) is 45.2 Å². The maximum Gasteiger partial charge on any atom is 0.254 e. The average Bonchev–Trinajstić information content (AvgIpc) is 3.47. The van der Waals surface area contributed by atoms with Crippen LogP contribution in [0.4, 0.5) is 5.95 Å². The summed E-state index contributed by atoms with van der Waals surface area (Å²) in [6.45, 7) is 4.03. The second-order valence-electron chi connectivity index (χ2n) is 8.51. The van der Waals surface area contributed by atoms with Crippen molar-refractivity contribution in [3.63, 3.8) is 0 Å². The molecule has 162 valence electrons. The lowest BCUT2D eigenvalue weighted by atomic mass is 9.89. The number of ether oxygens (including phenoxy) is 1. The maximum absolute atomic E-state index is 13.6. The fraction of sp³-hybridized carbons (Fsp3) is 0.417. The molecule has 3 aromatic rings. The molecule has 3 heterocycles. The van der Waals surface area contributed by atoms with Gasteiger partial charge in [0.2, 0.25) is 5.95 Å². The quantitative estimate of drug-likeness (QED) is 0.601. The van der Waals surface area contributed by atoms with Crippen LogP contribution in [0.2, 0.25) is 0 Å². The van der Waals surface area contributed by atoms with Crippen LogP contribution >= 0.6 is 0 Å². The first-order valence-corrected chi connectivity index (χ1v) is 10.9. The minimum atomic E-state index is 0.0877. The van der Waals surface area contributed by atoms with Crippen molar-refractivity contribution in [2.24, 2.45) is 18.9 Å². The molecule has 2 aliphatic heterocycles. The highest BCUT2D eigenvalue weighted by Gasteiger charge is 2.46. The molecule has 0 saturated carbocycles. The predicted molar refractivity (Wildman–Crippen MR) is 121 cm³/mol. The van der Waals surface area contributed by atoms with Crippen LogP contribution in [-0.4, -0.2) is 60.3 Å². The summed E-state index contributed by atoms with van der Waals surface area (Å²) in [5.74, 6) is 1.83. The largest absolute Gasteiger partial charge is 0.383 e. The first kappa shape index (κ1) is 20.0. The summed E-state index contributed by atoms with van der Waals surface area (Å²) in [6.07, 6.45) is 0. The Labute approximate surface area is 182 Å². The number of carbonyl (C=O) groups is 1. The van der Waals surface area contributed by atoms with Crippen molar-refractivity contribution in [1.82, 2.24) is 19.8 Å². The number of carbonyl (C=O) groups excluding carboxylic acids is 1.